The quantitative estimate of drug-likeness (QED) is 0.646. The first-order valence-electron chi connectivity index (χ1n) is 10.3. The second kappa shape index (κ2) is 10.3. The van der Waals surface area contributed by atoms with Gasteiger partial charge in [0.15, 0.2) is 0 Å². The van der Waals surface area contributed by atoms with E-state index < -0.39 is 12.1 Å². The van der Waals surface area contributed by atoms with Crippen molar-refractivity contribution < 1.29 is 37.3 Å². The number of halogens is 3. The van der Waals surface area contributed by atoms with E-state index in [-0.39, 0.29) is 11.5 Å². The SMILES string of the molecule is Cn1cc(C(=O)N2CC3(C2)OCCC3CCOCc2ccccn2)cn1.O=C(O)C(F)(F)F. The van der Waals surface area contributed by atoms with E-state index in [2.05, 4.69) is 10.1 Å². The monoisotopic (exact) mass is 470 g/mol. The Morgan fingerprint density at radius 3 is 2.64 bits per heavy atom. The third-order valence-electron chi connectivity index (χ3n) is 5.59. The summed E-state index contributed by atoms with van der Waals surface area (Å²) in [6.45, 7) is 3.30. The zero-order chi connectivity index (χ0) is 24.1. The van der Waals surface area contributed by atoms with Crippen molar-refractivity contribution >= 4 is 11.9 Å². The van der Waals surface area contributed by atoms with Gasteiger partial charge in [0.25, 0.3) is 5.91 Å². The summed E-state index contributed by atoms with van der Waals surface area (Å²) in [5.41, 5.74) is 1.39. The summed E-state index contributed by atoms with van der Waals surface area (Å²) >= 11 is 0. The number of alkyl halides is 3. The van der Waals surface area contributed by atoms with Gasteiger partial charge in [0.1, 0.15) is 5.60 Å². The molecule has 0 aliphatic carbocycles. The lowest BCUT2D eigenvalue weighted by atomic mass is 9.79. The highest BCUT2D eigenvalue weighted by molar-refractivity contribution is 5.94. The summed E-state index contributed by atoms with van der Waals surface area (Å²) in [6.07, 6.45) is 2.04. The van der Waals surface area contributed by atoms with Gasteiger partial charge >= 0.3 is 12.1 Å². The first kappa shape index (κ1) is 24.6. The molecule has 1 N–H and O–H groups in total. The number of ether oxygens (including phenoxy) is 2. The predicted octanol–water partition coefficient (Wildman–Crippen LogP) is 2.29. The highest BCUT2D eigenvalue weighted by Crippen LogP contribution is 2.42. The van der Waals surface area contributed by atoms with E-state index in [0.29, 0.717) is 37.8 Å². The van der Waals surface area contributed by atoms with Crippen molar-refractivity contribution in [3.63, 3.8) is 0 Å². The zero-order valence-electron chi connectivity index (χ0n) is 18.0. The van der Waals surface area contributed by atoms with Crippen molar-refractivity contribution in [2.75, 3.05) is 26.3 Å². The van der Waals surface area contributed by atoms with E-state index in [9.17, 15) is 18.0 Å². The number of aliphatic carboxylic acids is 1. The fraction of sp³-hybridized carbons (Fsp3) is 0.524. The van der Waals surface area contributed by atoms with E-state index >= 15 is 0 Å². The minimum atomic E-state index is -5.08. The lowest BCUT2D eigenvalue weighted by Gasteiger charge is -2.50. The number of pyridine rings is 1. The van der Waals surface area contributed by atoms with Crippen LogP contribution in [-0.4, -0.2) is 74.7 Å². The van der Waals surface area contributed by atoms with Crippen LogP contribution in [-0.2, 0) is 27.9 Å². The Hall–Kier alpha value is -2.99. The molecule has 0 aromatic carbocycles. The van der Waals surface area contributed by atoms with Gasteiger partial charge in [-0.3, -0.25) is 14.5 Å². The van der Waals surface area contributed by atoms with Crippen LogP contribution in [0.1, 0.15) is 28.9 Å². The van der Waals surface area contributed by atoms with Gasteiger partial charge in [0, 0.05) is 32.7 Å². The second-order valence-electron chi connectivity index (χ2n) is 7.93. The van der Waals surface area contributed by atoms with Gasteiger partial charge in [-0.1, -0.05) is 6.07 Å². The maximum atomic E-state index is 12.5. The van der Waals surface area contributed by atoms with Crippen molar-refractivity contribution in [2.24, 2.45) is 13.0 Å². The highest BCUT2D eigenvalue weighted by atomic mass is 19.4. The van der Waals surface area contributed by atoms with Crippen molar-refractivity contribution in [1.29, 1.82) is 0 Å². The fourth-order valence-corrected chi connectivity index (χ4v) is 3.89. The van der Waals surface area contributed by atoms with E-state index in [1.807, 2.05) is 30.1 Å². The molecular formula is C21H25F3N4O5. The topological polar surface area (TPSA) is 107 Å². The van der Waals surface area contributed by atoms with Gasteiger partial charge in [-0.15, -0.1) is 0 Å². The Morgan fingerprint density at radius 1 is 1.33 bits per heavy atom. The molecule has 12 heteroatoms. The molecule has 33 heavy (non-hydrogen) atoms. The fourth-order valence-electron chi connectivity index (χ4n) is 3.89. The summed E-state index contributed by atoms with van der Waals surface area (Å²) in [5, 5.41) is 11.2. The minimum Gasteiger partial charge on any atom is -0.475 e. The highest BCUT2D eigenvalue weighted by Gasteiger charge is 2.54. The molecule has 0 bridgehead atoms. The lowest BCUT2D eigenvalue weighted by Crippen LogP contribution is -2.66. The molecule has 1 atom stereocenters. The number of carboxylic acid groups (broad SMARTS) is 1. The third-order valence-corrected chi connectivity index (χ3v) is 5.59. The maximum absolute atomic E-state index is 12.5. The van der Waals surface area contributed by atoms with Crippen LogP contribution in [0.4, 0.5) is 13.2 Å². The molecule has 2 aromatic heterocycles. The average molecular weight is 470 g/mol. The molecule has 0 radical (unpaired) electrons. The van der Waals surface area contributed by atoms with Crippen LogP contribution in [0.2, 0.25) is 0 Å². The molecule has 2 aliphatic rings. The normalized spacial score (nSPS) is 19.0. The van der Waals surface area contributed by atoms with Crippen LogP contribution in [0.3, 0.4) is 0 Å². The summed E-state index contributed by atoms with van der Waals surface area (Å²) < 4.78 is 45.2. The number of amides is 1. The molecule has 180 valence electrons. The van der Waals surface area contributed by atoms with Gasteiger partial charge in [0.2, 0.25) is 0 Å². The number of carbonyl (C=O) groups excluding carboxylic acids is 1. The Kier molecular flexibility index (Phi) is 7.69. The molecule has 2 saturated heterocycles. The van der Waals surface area contributed by atoms with Crippen molar-refractivity contribution in [1.82, 2.24) is 19.7 Å². The molecule has 2 aromatic rings. The Morgan fingerprint density at radius 2 is 2.06 bits per heavy atom. The molecule has 4 rings (SSSR count). The summed E-state index contributed by atoms with van der Waals surface area (Å²) in [4.78, 5) is 27.5. The number of nitrogens with zero attached hydrogens (tertiary/aromatic N) is 4. The van der Waals surface area contributed by atoms with Crippen LogP contribution in [0, 0.1) is 5.92 Å². The summed E-state index contributed by atoms with van der Waals surface area (Å²) in [5.74, 6) is -2.29. The lowest BCUT2D eigenvalue weighted by molar-refractivity contribution is -0.192. The van der Waals surface area contributed by atoms with Gasteiger partial charge < -0.3 is 19.5 Å². The standard InChI is InChI=1S/C19H24N4O3.C2HF3O2/c1-22-11-15(10-21-22)18(24)23-13-19(14-23)16(6-9-26-19)5-8-25-12-17-4-2-3-7-20-17;3-2(4,5)1(6)7/h2-4,7,10-11,16H,5-6,8-9,12-14H2,1H3;(H,6,7). The number of aromatic nitrogens is 3. The van der Waals surface area contributed by atoms with Crippen LogP contribution in [0.25, 0.3) is 0 Å². The van der Waals surface area contributed by atoms with Crippen molar-refractivity contribution in [3.05, 3.63) is 48.0 Å². The molecule has 2 aliphatic heterocycles. The number of aryl methyl sites for hydroxylation is 1. The molecule has 0 saturated carbocycles. The number of hydrogen-bond donors (Lipinski definition) is 1. The Bertz CT molecular complexity index is 945. The van der Waals surface area contributed by atoms with Crippen molar-refractivity contribution in [3.8, 4) is 0 Å². The summed E-state index contributed by atoms with van der Waals surface area (Å²) in [7, 11) is 1.81. The van der Waals surface area contributed by atoms with Gasteiger partial charge in [-0.25, -0.2) is 4.79 Å². The maximum Gasteiger partial charge on any atom is 0.490 e. The van der Waals surface area contributed by atoms with E-state index in [4.69, 9.17) is 19.4 Å². The average Bonchev–Trinajstić information content (AvgIpc) is 3.36. The molecule has 1 amide bonds. The number of rotatable bonds is 6. The van der Waals surface area contributed by atoms with Crippen LogP contribution in [0.15, 0.2) is 36.8 Å². The van der Waals surface area contributed by atoms with E-state index in [1.54, 1.807) is 23.3 Å². The molecule has 2 fully saturated rings. The third kappa shape index (κ3) is 6.29. The van der Waals surface area contributed by atoms with Crippen LogP contribution in [0.5, 0.6) is 0 Å². The van der Waals surface area contributed by atoms with Crippen LogP contribution < -0.4 is 0 Å². The molecule has 9 nitrogen and oxygen atoms in total. The Balaban J connectivity index is 0.000000383. The predicted molar refractivity (Wildman–Crippen MR) is 108 cm³/mol. The van der Waals surface area contributed by atoms with Crippen molar-refractivity contribution in [2.45, 2.75) is 31.2 Å². The number of hydrogen-bond acceptors (Lipinski definition) is 6. The first-order valence-corrected chi connectivity index (χ1v) is 10.3. The second-order valence-corrected chi connectivity index (χ2v) is 7.93. The number of carbonyl (C=O) groups is 2. The van der Waals surface area contributed by atoms with Gasteiger partial charge in [-0.05, 0) is 30.9 Å². The van der Waals surface area contributed by atoms with Gasteiger partial charge in [-0.2, -0.15) is 18.3 Å². The van der Waals surface area contributed by atoms with E-state index in [0.717, 1.165) is 25.1 Å². The first-order chi connectivity index (χ1) is 15.6. The zero-order valence-corrected chi connectivity index (χ0v) is 18.0. The molecule has 1 spiro atoms. The molecule has 4 heterocycles. The van der Waals surface area contributed by atoms with E-state index in [1.165, 1.54) is 0 Å². The molecule has 1 unspecified atom stereocenters. The number of carboxylic acids is 1. The number of likely N-dealkylation sites (tertiary alicyclic amines) is 1. The van der Waals surface area contributed by atoms with Crippen LogP contribution >= 0.6 is 0 Å². The minimum absolute atomic E-state index is 0.0318. The van der Waals surface area contributed by atoms with Gasteiger partial charge in [0.05, 0.1) is 37.2 Å². The smallest absolute Gasteiger partial charge is 0.475 e. The molecular weight excluding hydrogens is 445 g/mol. The largest absolute Gasteiger partial charge is 0.490 e. The Labute approximate surface area is 188 Å². The summed E-state index contributed by atoms with van der Waals surface area (Å²) in [6, 6.07) is 5.83.